The van der Waals surface area contributed by atoms with Gasteiger partial charge in [-0.2, -0.15) is 0 Å². The van der Waals surface area contributed by atoms with E-state index in [1.165, 1.54) is 12.3 Å². The van der Waals surface area contributed by atoms with Gasteiger partial charge in [0.1, 0.15) is 5.82 Å². The molecule has 0 atom stereocenters. The van der Waals surface area contributed by atoms with E-state index < -0.39 is 5.97 Å². The van der Waals surface area contributed by atoms with Gasteiger partial charge in [0.2, 0.25) is 0 Å². The van der Waals surface area contributed by atoms with Crippen LogP contribution in [-0.2, 0) is 19.6 Å². The highest BCUT2D eigenvalue weighted by Crippen LogP contribution is 2.25. The highest BCUT2D eigenvalue weighted by atomic mass is 35.5. The summed E-state index contributed by atoms with van der Waals surface area (Å²) in [5.74, 6) is -0.122. The summed E-state index contributed by atoms with van der Waals surface area (Å²) in [5.41, 5.74) is 3.19. The number of carboxylic acids is 1. The molecule has 1 aromatic carbocycles. The number of aryl methyl sites for hydroxylation is 1. The third-order valence-electron chi connectivity index (χ3n) is 4.66. The van der Waals surface area contributed by atoms with E-state index in [2.05, 4.69) is 16.9 Å². The fourth-order valence-corrected chi connectivity index (χ4v) is 3.41. The van der Waals surface area contributed by atoms with Crippen molar-refractivity contribution in [2.45, 2.75) is 39.3 Å². The van der Waals surface area contributed by atoms with E-state index in [9.17, 15) is 15.0 Å². The Labute approximate surface area is 168 Å². The van der Waals surface area contributed by atoms with Gasteiger partial charge in [-0.3, -0.25) is 4.98 Å². The number of aromatic nitrogens is 3. The van der Waals surface area contributed by atoms with Crippen LogP contribution in [0.15, 0.2) is 42.7 Å². The molecule has 7 heteroatoms. The molecule has 0 fully saturated rings. The van der Waals surface area contributed by atoms with Gasteiger partial charge in [-0.1, -0.05) is 49.2 Å². The topological polar surface area (TPSA) is 88.2 Å². The van der Waals surface area contributed by atoms with E-state index in [-0.39, 0.29) is 12.2 Å². The van der Waals surface area contributed by atoms with Crippen LogP contribution >= 0.6 is 11.6 Å². The van der Waals surface area contributed by atoms with Gasteiger partial charge < -0.3 is 14.8 Å². The number of imidazole rings is 1. The first-order valence-electron chi connectivity index (χ1n) is 9.16. The fraction of sp³-hybridized carbons (Fsp3) is 0.286. The molecule has 0 radical (unpaired) electrons. The SMILES string of the molecule is CCCCc1nc(Cl)c(CO)n1Cc1ccc(-c2cnccc2C(=O)O)cc1. The molecule has 2 N–H and O–H groups in total. The number of aliphatic hydroxyl groups is 1. The minimum absolute atomic E-state index is 0.173. The monoisotopic (exact) mass is 399 g/mol. The van der Waals surface area contributed by atoms with Gasteiger partial charge in [0, 0.05) is 30.9 Å². The van der Waals surface area contributed by atoms with Crippen molar-refractivity contribution in [1.82, 2.24) is 14.5 Å². The van der Waals surface area contributed by atoms with Gasteiger partial charge >= 0.3 is 5.97 Å². The third-order valence-corrected chi connectivity index (χ3v) is 4.97. The first kappa shape index (κ1) is 20.0. The first-order chi connectivity index (χ1) is 13.5. The first-order valence-corrected chi connectivity index (χ1v) is 9.54. The Kier molecular flexibility index (Phi) is 6.44. The van der Waals surface area contributed by atoms with Gasteiger partial charge in [0.05, 0.1) is 17.9 Å². The number of benzene rings is 1. The average molecular weight is 400 g/mol. The molecule has 28 heavy (non-hydrogen) atoms. The molecule has 0 aliphatic rings. The third kappa shape index (κ3) is 4.24. The van der Waals surface area contributed by atoms with Crippen molar-refractivity contribution in [1.29, 1.82) is 0 Å². The van der Waals surface area contributed by atoms with E-state index in [0.717, 1.165) is 36.2 Å². The molecular formula is C21H22ClN3O3. The zero-order valence-corrected chi connectivity index (χ0v) is 16.4. The van der Waals surface area contributed by atoms with Crippen molar-refractivity contribution < 1.29 is 15.0 Å². The molecule has 0 amide bonds. The molecule has 3 rings (SSSR count). The number of hydrogen-bond acceptors (Lipinski definition) is 4. The molecule has 146 valence electrons. The molecule has 0 aliphatic carbocycles. The number of aliphatic hydroxyl groups excluding tert-OH is 1. The van der Waals surface area contributed by atoms with Crippen LogP contribution < -0.4 is 0 Å². The number of rotatable bonds is 8. The van der Waals surface area contributed by atoms with Crippen molar-refractivity contribution in [2.24, 2.45) is 0 Å². The molecule has 2 aromatic heterocycles. The molecule has 0 aliphatic heterocycles. The highest BCUT2D eigenvalue weighted by molar-refractivity contribution is 6.30. The quantitative estimate of drug-likeness (QED) is 0.593. The van der Waals surface area contributed by atoms with Crippen molar-refractivity contribution in [3.8, 4) is 11.1 Å². The largest absolute Gasteiger partial charge is 0.478 e. The summed E-state index contributed by atoms with van der Waals surface area (Å²) in [6.45, 7) is 2.48. The summed E-state index contributed by atoms with van der Waals surface area (Å²) in [5, 5.41) is 19.4. The standard InChI is InChI=1S/C21H22ClN3O3/c1-2-3-4-19-24-20(22)18(13-26)25(19)12-14-5-7-15(8-6-14)17-11-23-10-9-16(17)21(27)28/h5-11,26H,2-4,12-13H2,1H3,(H,27,28). The second kappa shape index (κ2) is 8.99. The van der Waals surface area contributed by atoms with Crippen LogP contribution in [0.3, 0.4) is 0 Å². The Morgan fingerprint density at radius 3 is 2.61 bits per heavy atom. The van der Waals surface area contributed by atoms with Gasteiger partial charge in [0.25, 0.3) is 0 Å². The van der Waals surface area contributed by atoms with Crippen LogP contribution in [0.25, 0.3) is 11.1 Å². The number of unbranched alkanes of at least 4 members (excludes halogenated alkanes) is 1. The van der Waals surface area contributed by atoms with Crippen molar-refractivity contribution >= 4 is 17.6 Å². The number of carbonyl (C=O) groups is 1. The number of hydrogen-bond donors (Lipinski definition) is 2. The predicted octanol–water partition coefficient (Wildman–Crippen LogP) is 4.18. The van der Waals surface area contributed by atoms with Crippen molar-refractivity contribution in [2.75, 3.05) is 0 Å². The zero-order chi connectivity index (χ0) is 20.1. The lowest BCUT2D eigenvalue weighted by atomic mass is 10.0. The van der Waals surface area contributed by atoms with Gasteiger partial charge in [0.15, 0.2) is 5.15 Å². The molecular weight excluding hydrogens is 378 g/mol. The number of nitrogens with zero attached hydrogens (tertiary/aromatic N) is 3. The van der Waals surface area contributed by atoms with Gasteiger partial charge in [-0.05, 0) is 23.6 Å². The minimum Gasteiger partial charge on any atom is -0.478 e. The second-order valence-corrected chi connectivity index (χ2v) is 6.89. The highest BCUT2D eigenvalue weighted by Gasteiger charge is 2.16. The van der Waals surface area contributed by atoms with Gasteiger partial charge in [-0.15, -0.1) is 0 Å². The molecule has 3 aromatic rings. The maximum Gasteiger partial charge on any atom is 0.336 e. The number of halogens is 1. The average Bonchev–Trinajstić information content (AvgIpc) is 3.01. The summed E-state index contributed by atoms with van der Waals surface area (Å²) < 4.78 is 1.96. The van der Waals surface area contributed by atoms with Crippen LogP contribution in [0, 0.1) is 0 Å². The molecule has 0 saturated heterocycles. The van der Waals surface area contributed by atoms with Gasteiger partial charge in [-0.25, -0.2) is 9.78 Å². The Hall–Kier alpha value is -2.70. The summed E-state index contributed by atoms with van der Waals surface area (Å²) in [6.07, 6.45) is 5.87. The number of carboxylic acid groups (broad SMARTS) is 1. The second-order valence-electron chi connectivity index (χ2n) is 6.54. The number of pyridine rings is 1. The van der Waals surface area contributed by atoms with E-state index in [0.29, 0.717) is 23.0 Å². The summed E-state index contributed by atoms with van der Waals surface area (Å²) in [4.78, 5) is 19.9. The lowest BCUT2D eigenvalue weighted by molar-refractivity contribution is 0.0697. The molecule has 0 bridgehead atoms. The van der Waals surface area contributed by atoms with Crippen LogP contribution in [0.4, 0.5) is 0 Å². The van der Waals surface area contributed by atoms with Crippen LogP contribution in [0.5, 0.6) is 0 Å². The van der Waals surface area contributed by atoms with E-state index >= 15 is 0 Å². The molecule has 2 heterocycles. The lowest BCUT2D eigenvalue weighted by Crippen LogP contribution is -2.09. The van der Waals surface area contributed by atoms with Crippen LogP contribution in [0.1, 0.15) is 47.2 Å². The van der Waals surface area contributed by atoms with E-state index in [1.807, 2.05) is 28.8 Å². The normalized spacial score (nSPS) is 11.0. The summed E-state index contributed by atoms with van der Waals surface area (Å²) in [7, 11) is 0. The Bertz CT molecular complexity index is 968. The molecule has 0 saturated carbocycles. The van der Waals surface area contributed by atoms with Crippen molar-refractivity contribution in [3.63, 3.8) is 0 Å². The summed E-state index contributed by atoms with van der Waals surface area (Å²) >= 11 is 6.19. The smallest absolute Gasteiger partial charge is 0.336 e. The minimum atomic E-state index is -0.984. The van der Waals surface area contributed by atoms with Crippen LogP contribution in [-0.4, -0.2) is 30.7 Å². The Morgan fingerprint density at radius 1 is 1.21 bits per heavy atom. The molecule has 0 spiro atoms. The molecule has 6 nitrogen and oxygen atoms in total. The Balaban J connectivity index is 1.89. The Morgan fingerprint density at radius 2 is 1.96 bits per heavy atom. The summed E-state index contributed by atoms with van der Waals surface area (Å²) in [6, 6.07) is 9.12. The van der Waals surface area contributed by atoms with E-state index in [1.54, 1.807) is 6.20 Å². The van der Waals surface area contributed by atoms with E-state index in [4.69, 9.17) is 11.6 Å². The maximum atomic E-state index is 11.4. The fourth-order valence-electron chi connectivity index (χ4n) is 3.15. The lowest BCUT2D eigenvalue weighted by Gasteiger charge is -2.12. The maximum absolute atomic E-state index is 11.4. The molecule has 0 unspecified atom stereocenters. The van der Waals surface area contributed by atoms with Crippen molar-refractivity contribution in [3.05, 3.63) is 70.5 Å². The zero-order valence-electron chi connectivity index (χ0n) is 15.6. The number of aromatic carboxylic acids is 1. The predicted molar refractivity (Wildman–Crippen MR) is 108 cm³/mol. The van der Waals surface area contributed by atoms with Crippen LogP contribution in [0.2, 0.25) is 5.15 Å².